The molecule has 0 radical (unpaired) electrons. The van der Waals surface area contributed by atoms with Crippen LogP contribution in [0.15, 0.2) is 65.3 Å². The highest BCUT2D eigenvalue weighted by atomic mass is 19.1. The lowest BCUT2D eigenvalue weighted by Gasteiger charge is -2.51. The summed E-state index contributed by atoms with van der Waals surface area (Å²) in [6.07, 6.45) is 5.96. The number of halogens is 2. The smallest absolute Gasteiger partial charge is 0.163 e. The molecule has 1 N–H and O–H groups in total. The molecule has 6 heteroatoms. The molecule has 1 fully saturated rings. The summed E-state index contributed by atoms with van der Waals surface area (Å²) in [4.78, 5) is 16.0. The van der Waals surface area contributed by atoms with E-state index >= 15 is 0 Å². The topological polar surface area (TPSA) is 49.8 Å². The van der Waals surface area contributed by atoms with E-state index in [1.807, 2.05) is 19.0 Å². The zero-order chi connectivity index (χ0) is 28.2. The third kappa shape index (κ3) is 4.60. The van der Waals surface area contributed by atoms with Crippen LogP contribution in [0.3, 0.4) is 0 Å². The summed E-state index contributed by atoms with van der Waals surface area (Å²) in [6, 6.07) is 11.4. The molecule has 1 saturated heterocycles. The number of nitrogens with zero attached hydrogens (tertiary/aromatic N) is 1. The van der Waals surface area contributed by atoms with Crippen molar-refractivity contribution in [1.29, 1.82) is 0 Å². The number of fused-ring (bicyclic) bond motifs is 4. The number of ether oxygens (including phenoxy) is 1. The first-order chi connectivity index (χ1) is 19.1. The molecule has 3 aliphatic carbocycles. The third-order valence-electron chi connectivity index (χ3n) is 9.45. The number of aliphatic hydroxyl groups is 1. The summed E-state index contributed by atoms with van der Waals surface area (Å²) in [6.45, 7) is 2.44. The van der Waals surface area contributed by atoms with Crippen molar-refractivity contribution in [2.45, 2.75) is 57.2 Å². The van der Waals surface area contributed by atoms with Crippen LogP contribution >= 0.6 is 0 Å². The molecule has 4 nitrogen and oxygen atoms in total. The molecule has 4 aliphatic rings. The van der Waals surface area contributed by atoms with Crippen molar-refractivity contribution in [2.24, 2.45) is 17.3 Å². The Bertz CT molecular complexity index is 1460. The summed E-state index contributed by atoms with van der Waals surface area (Å²) < 4.78 is 34.3. The molecular weight excluding hydrogens is 508 g/mol. The van der Waals surface area contributed by atoms with E-state index in [2.05, 4.69) is 49.1 Å². The van der Waals surface area contributed by atoms with Gasteiger partial charge in [0.15, 0.2) is 5.78 Å². The Kier molecular flexibility index (Phi) is 6.71. The lowest BCUT2D eigenvalue weighted by atomic mass is 9.56. The van der Waals surface area contributed by atoms with Crippen LogP contribution in [0.1, 0.15) is 62.7 Å². The van der Waals surface area contributed by atoms with Gasteiger partial charge in [-0.25, -0.2) is 8.78 Å². The predicted molar refractivity (Wildman–Crippen MR) is 151 cm³/mol. The average Bonchev–Trinajstić information content (AvgIpc) is 3.33. The number of hydrogen-bond donors (Lipinski definition) is 1. The van der Waals surface area contributed by atoms with E-state index in [0.29, 0.717) is 43.4 Å². The number of benzene rings is 2. The standard InChI is InChI=1S/C34H35F2NO3/c1-33-20-40-30(23-7-9-27(10-8-23)37(2)3)18-24(33)17-29(38)31-28-6-4-5-22(28)12-14-34(39,32(31)33)13-11-21-15-25(35)19-26(36)16-21/h6-10,15-16,19,22,24,30,39H,4-5,12,14,17-18,20H2,1-3H3. The molecule has 6 rings (SSSR count). The lowest BCUT2D eigenvalue weighted by Crippen LogP contribution is -2.51. The van der Waals surface area contributed by atoms with Crippen LogP contribution in [-0.4, -0.2) is 37.2 Å². The van der Waals surface area contributed by atoms with Gasteiger partial charge in [-0.2, -0.15) is 0 Å². The Morgan fingerprint density at radius 3 is 2.50 bits per heavy atom. The normalized spacial score (nSPS) is 31.3. The predicted octanol–water partition coefficient (Wildman–Crippen LogP) is 6.30. The maximum Gasteiger partial charge on any atom is 0.163 e. The van der Waals surface area contributed by atoms with Crippen LogP contribution in [0.2, 0.25) is 0 Å². The number of rotatable bonds is 2. The highest BCUT2D eigenvalue weighted by molar-refractivity contribution is 6.02. The van der Waals surface area contributed by atoms with Crippen LogP contribution in [0.4, 0.5) is 14.5 Å². The van der Waals surface area contributed by atoms with Crippen LogP contribution < -0.4 is 4.90 Å². The van der Waals surface area contributed by atoms with Crippen LogP contribution in [-0.2, 0) is 9.53 Å². The molecule has 1 aliphatic heterocycles. The number of hydrogen-bond acceptors (Lipinski definition) is 4. The molecule has 0 amide bonds. The zero-order valence-corrected chi connectivity index (χ0v) is 23.3. The maximum absolute atomic E-state index is 13.9. The largest absolute Gasteiger partial charge is 0.378 e. The van der Waals surface area contributed by atoms with Gasteiger partial charge < -0.3 is 14.7 Å². The summed E-state index contributed by atoms with van der Waals surface area (Å²) >= 11 is 0. The molecule has 2 aromatic rings. The Hall–Kier alpha value is -3.27. The fraction of sp³-hybridized carbons (Fsp3) is 0.441. The van der Waals surface area contributed by atoms with E-state index in [1.54, 1.807) is 0 Å². The van der Waals surface area contributed by atoms with Crippen molar-refractivity contribution in [3.05, 3.63) is 88.0 Å². The van der Waals surface area contributed by atoms with E-state index in [4.69, 9.17) is 4.74 Å². The molecule has 5 unspecified atom stereocenters. The first kappa shape index (κ1) is 26.9. The number of Topliss-reactive ketones (excluding diaryl/α,β-unsaturated/α-hetero) is 1. The van der Waals surface area contributed by atoms with Crippen molar-refractivity contribution in [1.82, 2.24) is 0 Å². The van der Waals surface area contributed by atoms with E-state index in [0.717, 1.165) is 47.9 Å². The second-order valence-electron chi connectivity index (χ2n) is 12.3. The minimum atomic E-state index is -1.62. The quantitative estimate of drug-likeness (QED) is 0.452. The van der Waals surface area contributed by atoms with E-state index in [9.17, 15) is 18.7 Å². The second-order valence-corrected chi connectivity index (χ2v) is 12.3. The maximum atomic E-state index is 13.9. The first-order valence-electron chi connectivity index (χ1n) is 14.2. The second kappa shape index (κ2) is 9.98. The van der Waals surface area contributed by atoms with E-state index in [1.165, 1.54) is 0 Å². The molecule has 5 atom stereocenters. The van der Waals surface area contributed by atoms with Crippen LogP contribution in [0.25, 0.3) is 0 Å². The van der Waals surface area contributed by atoms with E-state index < -0.39 is 22.7 Å². The molecule has 1 heterocycles. The summed E-state index contributed by atoms with van der Waals surface area (Å²) in [5.74, 6) is 4.63. The zero-order valence-electron chi connectivity index (χ0n) is 23.3. The third-order valence-corrected chi connectivity index (χ3v) is 9.45. The fourth-order valence-corrected chi connectivity index (χ4v) is 7.32. The number of carbonyl (C=O) groups excluding carboxylic acids is 1. The number of carbonyl (C=O) groups is 1. The summed E-state index contributed by atoms with van der Waals surface area (Å²) in [5, 5.41) is 12.3. The molecule has 2 aromatic carbocycles. The number of anilines is 1. The minimum Gasteiger partial charge on any atom is -0.378 e. The molecule has 208 valence electrons. The van der Waals surface area contributed by atoms with Gasteiger partial charge in [-0.05, 0) is 84.9 Å². The minimum absolute atomic E-state index is 0.0375. The first-order valence-corrected chi connectivity index (χ1v) is 14.2. The van der Waals surface area contributed by atoms with Gasteiger partial charge in [-0.1, -0.05) is 37.0 Å². The van der Waals surface area contributed by atoms with Gasteiger partial charge >= 0.3 is 0 Å². The molecule has 0 aromatic heterocycles. The Labute approximate surface area is 234 Å². The van der Waals surface area contributed by atoms with Crippen molar-refractivity contribution in [3.8, 4) is 11.8 Å². The Morgan fingerprint density at radius 1 is 1.07 bits per heavy atom. The van der Waals surface area contributed by atoms with Gasteiger partial charge in [0.25, 0.3) is 0 Å². The average molecular weight is 544 g/mol. The van der Waals surface area contributed by atoms with Crippen molar-refractivity contribution in [2.75, 3.05) is 25.6 Å². The SMILES string of the molecule is CN(C)c1ccc(C2CC3CC(=O)C4=C(C(O)(C#Cc5cc(F)cc(F)c5)CCC5CCC=C45)C3(C)CO2)cc1. The number of allylic oxidation sites excluding steroid dienone is 3. The van der Waals surface area contributed by atoms with Crippen molar-refractivity contribution in [3.63, 3.8) is 0 Å². The summed E-state index contributed by atoms with van der Waals surface area (Å²) in [5.41, 5.74) is 2.40. The van der Waals surface area contributed by atoms with Crippen molar-refractivity contribution < 1.29 is 23.4 Å². The van der Waals surface area contributed by atoms with Crippen LogP contribution in [0, 0.1) is 40.7 Å². The molecular formula is C34H35F2NO3. The molecule has 0 saturated carbocycles. The Morgan fingerprint density at radius 2 is 1.80 bits per heavy atom. The van der Waals surface area contributed by atoms with Gasteiger partial charge in [-0.15, -0.1) is 0 Å². The van der Waals surface area contributed by atoms with E-state index in [-0.39, 0.29) is 29.3 Å². The highest BCUT2D eigenvalue weighted by Crippen LogP contribution is 2.59. The monoisotopic (exact) mass is 543 g/mol. The Balaban J connectivity index is 1.42. The van der Waals surface area contributed by atoms with Gasteiger partial charge in [0.2, 0.25) is 0 Å². The number of ketones is 1. The van der Waals surface area contributed by atoms with Crippen LogP contribution in [0.5, 0.6) is 0 Å². The van der Waals surface area contributed by atoms with Gasteiger partial charge in [0.05, 0.1) is 12.7 Å². The lowest BCUT2D eigenvalue weighted by molar-refractivity contribution is -0.128. The highest BCUT2D eigenvalue weighted by Gasteiger charge is 2.56. The molecule has 0 bridgehead atoms. The van der Waals surface area contributed by atoms with Gasteiger partial charge in [-0.3, -0.25) is 4.79 Å². The fourth-order valence-electron chi connectivity index (χ4n) is 7.32. The van der Waals surface area contributed by atoms with Gasteiger partial charge in [0, 0.05) is 48.8 Å². The molecule has 40 heavy (non-hydrogen) atoms. The van der Waals surface area contributed by atoms with Crippen molar-refractivity contribution >= 4 is 11.5 Å². The summed E-state index contributed by atoms with van der Waals surface area (Å²) in [7, 11) is 4.00. The molecule has 0 spiro atoms. The van der Waals surface area contributed by atoms with Gasteiger partial charge in [0.1, 0.15) is 17.2 Å².